The maximum atomic E-state index is 13.6. The first kappa shape index (κ1) is 23.3. The number of carbonyl (C=O) groups excluding carboxylic acids is 1. The molecule has 0 radical (unpaired) electrons. The van der Waals surface area contributed by atoms with Crippen LogP contribution in [0, 0.1) is 5.92 Å². The van der Waals surface area contributed by atoms with E-state index >= 15 is 0 Å². The lowest BCUT2D eigenvalue weighted by atomic mass is 10.1. The van der Waals surface area contributed by atoms with Crippen molar-refractivity contribution in [1.82, 2.24) is 9.97 Å². The maximum Gasteiger partial charge on any atom is 0.228 e. The van der Waals surface area contributed by atoms with Crippen molar-refractivity contribution in [2.75, 3.05) is 12.4 Å². The summed E-state index contributed by atoms with van der Waals surface area (Å²) in [6, 6.07) is 13.1. The number of sulfone groups is 1. The molecule has 7 nitrogen and oxygen atoms in total. The van der Waals surface area contributed by atoms with Gasteiger partial charge in [0.05, 0.1) is 32.6 Å². The molecule has 0 saturated carbocycles. The number of hydrogen-bond donors (Lipinski definition) is 1. The highest BCUT2D eigenvalue weighted by Crippen LogP contribution is 2.38. The lowest BCUT2D eigenvalue weighted by Crippen LogP contribution is -2.17. The fourth-order valence-corrected chi connectivity index (χ4v) is 5.94. The summed E-state index contributed by atoms with van der Waals surface area (Å²) in [5.74, 6) is 0.183. The number of nitrogens with one attached hydrogen (secondary N) is 1. The zero-order valence-corrected chi connectivity index (χ0v) is 21.2. The van der Waals surface area contributed by atoms with Gasteiger partial charge >= 0.3 is 0 Å². The average Bonchev–Trinajstić information content (AvgIpc) is 3.27. The van der Waals surface area contributed by atoms with E-state index in [4.69, 9.17) is 4.74 Å². The Labute approximate surface area is 203 Å². The van der Waals surface area contributed by atoms with Crippen LogP contribution in [0.4, 0.5) is 5.13 Å². The summed E-state index contributed by atoms with van der Waals surface area (Å²) in [4.78, 5) is 21.5. The Hall–Kier alpha value is -2.82. The van der Waals surface area contributed by atoms with Gasteiger partial charge in [-0.3, -0.25) is 4.79 Å². The minimum atomic E-state index is -3.85. The van der Waals surface area contributed by atoms with Crippen LogP contribution in [0.25, 0.3) is 22.3 Å². The predicted molar refractivity (Wildman–Crippen MR) is 132 cm³/mol. The van der Waals surface area contributed by atoms with Crippen LogP contribution < -0.4 is 10.1 Å². The molecule has 0 spiro atoms. The number of carbonyl (C=O) groups is 1. The molecule has 2 heterocycles. The fraction of sp³-hybridized carbons (Fsp3) is 0.174. The number of methoxy groups -OCH3 is 1. The summed E-state index contributed by atoms with van der Waals surface area (Å²) in [5.41, 5.74) is 1.26. The lowest BCUT2D eigenvalue weighted by molar-refractivity contribution is -0.118. The number of hydrogen-bond acceptors (Lipinski definition) is 7. The molecule has 1 amide bonds. The van der Waals surface area contributed by atoms with Gasteiger partial charge in [-0.15, -0.1) is 11.3 Å². The van der Waals surface area contributed by atoms with Crippen molar-refractivity contribution < 1.29 is 17.9 Å². The first-order chi connectivity index (χ1) is 15.7. The monoisotopic (exact) mass is 545 g/mol. The number of ether oxygens (including phenoxy) is 1. The molecule has 0 aliphatic heterocycles. The van der Waals surface area contributed by atoms with E-state index in [1.165, 1.54) is 24.5 Å². The summed E-state index contributed by atoms with van der Waals surface area (Å²) in [7, 11) is -2.32. The van der Waals surface area contributed by atoms with E-state index in [2.05, 4.69) is 31.2 Å². The topological polar surface area (TPSA) is 98.2 Å². The first-order valence-corrected chi connectivity index (χ1v) is 13.1. The summed E-state index contributed by atoms with van der Waals surface area (Å²) in [6.07, 6.45) is 0. The van der Waals surface area contributed by atoms with Crippen molar-refractivity contribution >= 4 is 59.0 Å². The van der Waals surface area contributed by atoms with Crippen molar-refractivity contribution in [3.05, 3.63) is 58.4 Å². The Morgan fingerprint density at radius 3 is 2.48 bits per heavy atom. The van der Waals surface area contributed by atoms with Gasteiger partial charge in [-0.25, -0.2) is 18.4 Å². The van der Waals surface area contributed by atoms with Gasteiger partial charge in [0.1, 0.15) is 11.4 Å². The second-order valence-electron chi connectivity index (χ2n) is 7.48. The molecule has 0 fully saturated rings. The van der Waals surface area contributed by atoms with Crippen LogP contribution in [0.15, 0.2) is 68.2 Å². The third-order valence-electron chi connectivity index (χ3n) is 4.93. The standard InChI is InChI=1S/C23H20BrN3O4S2/c1-13(2)22(28)27-23-26-17(12-32-23)16-11-19(33(29,30)14-7-5-4-6-8-14)15-9-10-18(31-3)20(24)21(15)25-16/h4-13H,1-3H3,(H,26,27,28). The van der Waals surface area contributed by atoms with Crippen LogP contribution >= 0.6 is 27.3 Å². The number of pyridine rings is 1. The number of amides is 1. The highest BCUT2D eigenvalue weighted by Gasteiger charge is 2.24. The van der Waals surface area contributed by atoms with Gasteiger partial charge in [-0.05, 0) is 46.3 Å². The zero-order valence-electron chi connectivity index (χ0n) is 18.0. The highest BCUT2D eigenvalue weighted by molar-refractivity contribution is 9.10. The molecule has 0 bridgehead atoms. The normalized spacial score (nSPS) is 11.7. The van der Waals surface area contributed by atoms with E-state index < -0.39 is 9.84 Å². The first-order valence-electron chi connectivity index (χ1n) is 9.96. The molecule has 170 valence electrons. The zero-order chi connectivity index (χ0) is 23.8. The third kappa shape index (κ3) is 4.50. The van der Waals surface area contributed by atoms with E-state index in [9.17, 15) is 13.2 Å². The molecule has 0 saturated heterocycles. The van der Waals surface area contributed by atoms with Crippen molar-refractivity contribution in [3.8, 4) is 17.1 Å². The number of benzene rings is 2. The lowest BCUT2D eigenvalue weighted by Gasteiger charge is -2.13. The molecule has 4 aromatic rings. The van der Waals surface area contributed by atoms with Crippen molar-refractivity contribution in [2.24, 2.45) is 5.92 Å². The van der Waals surface area contributed by atoms with Crippen LogP contribution in [0.3, 0.4) is 0 Å². The molecule has 0 aliphatic rings. The number of thiazole rings is 1. The van der Waals surface area contributed by atoms with Gasteiger partial charge in [-0.2, -0.15) is 0 Å². The van der Waals surface area contributed by atoms with Crippen molar-refractivity contribution in [1.29, 1.82) is 0 Å². The largest absolute Gasteiger partial charge is 0.495 e. The maximum absolute atomic E-state index is 13.6. The number of halogens is 1. The van der Waals surface area contributed by atoms with E-state index in [0.29, 0.717) is 37.6 Å². The van der Waals surface area contributed by atoms with E-state index in [1.54, 1.807) is 61.7 Å². The molecule has 4 rings (SSSR count). The second-order valence-corrected chi connectivity index (χ2v) is 11.1. The van der Waals surface area contributed by atoms with E-state index in [-0.39, 0.29) is 21.6 Å². The quantitative estimate of drug-likeness (QED) is 0.340. The Balaban J connectivity index is 1.93. The Kier molecular flexibility index (Phi) is 6.51. The van der Waals surface area contributed by atoms with E-state index in [0.717, 1.165) is 0 Å². The molecule has 2 aromatic heterocycles. The van der Waals surface area contributed by atoms with Crippen LogP contribution in [-0.4, -0.2) is 31.4 Å². The summed E-state index contributed by atoms with van der Waals surface area (Å²) < 4.78 is 33.1. The molecule has 0 atom stereocenters. The minimum Gasteiger partial charge on any atom is -0.495 e. The number of nitrogens with zero attached hydrogens (tertiary/aromatic N) is 2. The van der Waals surface area contributed by atoms with Crippen molar-refractivity contribution in [3.63, 3.8) is 0 Å². The average molecular weight is 546 g/mol. The molecule has 0 aliphatic carbocycles. The van der Waals surface area contributed by atoms with Crippen molar-refractivity contribution in [2.45, 2.75) is 23.6 Å². The van der Waals surface area contributed by atoms with Crippen LogP contribution in [0.1, 0.15) is 13.8 Å². The number of rotatable bonds is 6. The third-order valence-corrected chi connectivity index (χ3v) is 8.26. The van der Waals surface area contributed by atoms with Crippen LogP contribution in [0.5, 0.6) is 5.75 Å². The van der Waals surface area contributed by atoms with E-state index in [1.807, 2.05) is 0 Å². The van der Waals surface area contributed by atoms with Gasteiger partial charge < -0.3 is 10.1 Å². The smallest absolute Gasteiger partial charge is 0.228 e. The van der Waals surface area contributed by atoms with Crippen LogP contribution in [0.2, 0.25) is 0 Å². The number of anilines is 1. The van der Waals surface area contributed by atoms with Gasteiger partial charge in [0.15, 0.2) is 5.13 Å². The molecule has 10 heteroatoms. The molecule has 2 aromatic carbocycles. The summed E-state index contributed by atoms with van der Waals surface area (Å²) >= 11 is 4.75. The fourth-order valence-electron chi connectivity index (χ4n) is 3.15. The Morgan fingerprint density at radius 1 is 1.09 bits per heavy atom. The van der Waals surface area contributed by atoms with Gasteiger partial charge in [0.25, 0.3) is 0 Å². The molecule has 33 heavy (non-hydrogen) atoms. The number of aromatic nitrogens is 2. The van der Waals surface area contributed by atoms with Gasteiger partial charge in [0, 0.05) is 16.7 Å². The summed E-state index contributed by atoms with van der Waals surface area (Å²) in [6.45, 7) is 3.58. The predicted octanol–water partition coefficient (Wildman–Crippen LogP) is 5.56. The SMILES string of the molecule is COc1ccc2c(S(=O)(=O)c3ccccc3)cc(-c3csc(NC(=O)C(C)C)n3)nc2c1Br. The van der Waals surface area contributed by atoms with Gasteiger partial charge in [0.2, 0.25) is 15.7 Å². The summed E-state index contributed by atoms with van der Waals surface area (Å²) in [5, 5.41) is 5.37. The highest BCUT2D eigenvalue weighted by atomic mass is 79.9. The van der Waals surface area contributed by atoms with Gasteiger partial charge in [-0.1, -0.05) is 32.0 Å². The minimum absolute atomic E-state index is 0.109. The molecule has 0 unspecified atom stereocenters. The Morgan fingerprint density at radius 2 is 1.82 bits per heavy atom. The Bertz CT molecular complexity index is 1450. The second kappa shape index (κ2) is 9.20. The molecule has 1 N–H and O–H groups in total. The molecular formula is C23H20BrN3O4S2. The number of fused-ring (bicyclic) bond motifs is 1. The molecular weight excluding hydrogens is 526 g/mol. The van der Waals surface area contributed by atoms with Crippen LogP contribution in [-0.2, 0) is 14.6 Å².